The molecule has 0 aliphatic rings. The van der Waals surface area contributed by atoms with Crippen molar-refractivity contribution in [3.05, 3.63) is 42.0 Å². The Balaban J connectivity index is 2.71. The summed E-state index contributed by atoms with van der Waals surface area (Å²) in [4.78, 5) is 22.6. The molecule has 1 aromatic carbocycles. The molecule has 1 atom stereocenters. The molecule has 0 aliphatic carbocycles. The molecule has 0 aromatic heterocycles. The first kappa shape index (κ1) is 12.2. The van der Waals surface area contributed by atoms with E-state index in [1.165, 1.54) is 6.08 Å². The molecular formula is C13H15NO2. The van der Waals surface area contributed by atoms with Crippen LogP contribution in [0.4, 0.5) is 0 Å². The Morgan fingerprint density at radius 3 is 2.44 bits per heavy atom. The van der Waals surface area contributed by atoms with Gasteiger partial charge >= 0.3 is 0 Å². The van der Waals surface area contributed by atoms with Crippen molar-refractivity contribution in [2.75, 3.05) is 0 Å². The van der Waals surface area contributed by atoms with Crippen LogP contribution in [0.25, 0.3) is 6.08 Å². The predicted octanol–water partition coefficient (Wildman–Crippen LogP) is 1.78. The molecule has 0 aliphatic heterocycles. The summed E-state index contributed by atoms with van der Waals surface area (Å²) < 4.78 is 0. The van der Waals surface area contributed by atoms with Crippen molar-refractivity contribution in [2.24, 2.45) is 11.7 Å². The lowest BCUT2D eigenvalue weighted by molar-refractivity contribution is -0.129. The monoisotopic (exact) mass is 217 g/mol. The Morgan fingerprint density at radius 1 is 1.31 bits per heavy atom. The Labute approximate surface area is 95.0 Å². The molecule has 16 heavy (non-hydrogen) atoms. The van der Waals surface area contributed by atoms with Gasteiger partial charge in [-0.15, -0.1) is 0 Å². The Bertz CT molecular complexity index is 396. The summed E-state index contributed by atoms with van der Waals surface area (Å²) >= 11 is 0. The van der Waals surface area contributed by atoms with Gasteiger partial charge in [0.25, 0.3) is 0 Å². The maximum absolute atomic E-state index is 11.6. The average molecular weight is 217 g/mol. The molecule has 0 bridgehead atoms. The molecular weight excluding hydrogens is 202 g/mol. The first-order chi connectivity index (χ1) is 7.65. The zero-order valence-electron chi connectivity index (χ0n) is 9.22. The van der Waals surface area contributed by atoms with Crippen molar-refractivity contribution in [3.63, 3.8) is 0 Å². The van der Waals surface area contributed by atoms with E-state index < -0.39 is 11.8 Å². The van der Waals surface area contributed by atoms with Crippen molar-refractivity contribution < 1.29 is 9.59 Å². The number of benzene rings is 1. The van der Waals surface area contributed by atoms with Crippen molar-refractivity contribution in [3.8, 4) is 0 Å². The fraction of sp³-hybridized carbons (Fsp3) is 0.231. The van der Waals surface area contributed by atoms with Crippen LogP contribution in [0, 0.1) is 5.92 Å². The van der Waals surface area contributed by atoms with E-state index in [4.69, 9.17) is 5.73 Å². The van der Waals surface area contributed by atoms with Crippen LogP contribution in [0.2, 0.25) is 0 Å². The highest BCUT2D eigenvalue weighted by Gasteiger charge is 2.19. The van der Waals surface area contributed by atoms with Crippen LogP contribution >= 0.6 is 0 Å². The molecule has 3 heteroatoms. The van der Waals surface area contributed by atoms with Gasteiger partial charge in [-0.1, -0.05) is 43.3 Å². The SMILES string of the molecule is CCC(C(N)=O)C(=O)/C=C/c1ccccc1. The maximum atomic E-state index is 11.6. The van der Waals surface area contributed by atoms with E-state index in [0.29, 0.717) is 6.42 Å². The van der Waals surface area contributed by atoms with E-state index in [2.05, 4.69) is 0 Å². The molecule has 3 nitrogen and oxygen atoms in total. The van der Waals surface area contributed by atoms with Crippen molar-refractivity contribution in [2.45, 2.75) is 13.3 Å². The number of hydrogen-bond donors (Lipinski definition) is 1. The second-order valence-corrected chi connectivity index (χ2v) is 3.51. The van der Waals surface area contributed by atoms with Crippen molar-refractivity contribution in [1.82, 2.24) is 0 Å². The minimum Gasteiger partial charge on any atom is -0.369 e. The number of primary amides is 1. The van der Waals surface area contributed by atoms with Crippen LogP contribution in [-0.4, -0.2) is 11.7 Å². The summed E-state index contributed by atoms with van der Waals surface area (Å²) in [7, 11) is 0. The van der Waals surface area contributed by atoms with Crippen LogP contribution in [0.15, 0.2) is 36.4 Å². The number of rotatable bonds is 5. The predicted molar refractivity (Wildman–Crippen MR) is 63.5 cm³/mol. The second kappa shape index (κ2) is 5.85. The minimum absolute atomic E-state index is 0.237. The summed E-state index contributed by atoms with van der Waals surface area (Å²) in [6, 6.07) is 9.44. The van der Waals surface area contributed by atoms with Gasteiger partial charge in [-0.2, -0.15) is 0 Å². The van der Waals surface area contributed by atoms with Crippen LogP contribution in [0.5, 0.6) is 0 Å². The summed E-state index contributed by atoms with van der Waals surface area (Å²) in [5.74, 6) is -1.51. The molecule has 2 N–H and O–H groups in total. The molecule has 0 spiro atoms. The number of ketones is 1. The smallest absolute Gasteiger partial charge is 0.228 e. The third kappa shape index (κ3) is 3.35. The van der Waals surface area contributed by atoms with Gasteiger partial charge in [-0.25, -0.2) is 0 Å². The second-order valence-electron chi connectivity index (χ2n) is 3.51. The largest absolute Gasteiger partial charge is 0.369 e. The Kier molecular flexibility index (Phi) is 4.45. The highest BCUT2D eigenvalue weighted by molar-refractivity contribution is 6.07. The van der Waals surface area contributed by atoms with Crippen LogP contribution in [0.1, 0.15) is 18.9 Å². The molecule has 0 heterocycles. The van der Waals surface area contributed by atoms with Gasteiger partial charge in [-0.3, -0.25) is 9.59 Å². The molecule has 1 rings (SSSR count). The number of hydrogen-bond acceptors (Lipinski definition) is 2. The van der Waals surface area contributed by atoms with Gasteiger partial charge in [0, 0.05) is 0 Å². The molecule has 84 valence electrons. The van der Waals surface area contributed by atoms with Gasteiger partial charge < -0.3 is 5.73 Å². The Morgan fingerprint density at radius 2 is 1.94 bits per heavy atom. The number of carbonyl (C=O) groups is 2. The van der Waals surface area contributed by atoms with E-state index in [9.17, 15) is 9.59 Å². The fourth-order valence-electron chi connectivity index (χ4n) is 1.40. The highest BCUT2D eigenvalue weighted by atomic mass is 16.2. The van der Waals surface area contributed by atoms with E-state index in [-0.39, 0.29) is 5.78 Å². The van der Waals surface area contributed by atoms with Crippen LogP contribution in [-0.2, 0) is 9.59 Å². The van der Waals surface area contributed by atoms with E-state index in [1.807, 2.05) is 30.3 Å². The van der Waals surface area contributed by atoms with Gasteiger partial charge in [0.1, 0.15) is 5.92 Å². The third-order valence-electron chi connectivity index (χ3n) is 2.33. The zero-order valence-corrected chi connectivity index (χ0v) is 9.22. The summed E-state index contributed by atoms with van der Waals surface area (Å²) in [6.07, 6.45) is 3.54. The topological polar surface area (TPSA) is 60.2 Å². The first-order valence-corrected chi connectivity index (χ1v) is 5.21. The minimum atomic E-state index is -0.708. The molecule has 0 fully saturated rings. The number of amides is 1. The number of allylic oxidation sites excluding steroid dienone is 1. The maximum Gasteiger partial charge on any atom is 0.228 e. The lowest BCUT2D eigenvalue weighted by Crippen LogP contribution is -2.28. The lowest BCUT2D eigenvalue weighted by Gasteiger charge is -2.05. The van der Waals surface area contributed by atoms with Gasteiger partial charge in [0.05, 0.1) is 0 Å². The lowest BCUT2D eigenvalue weighted by atomic mass is 9.99. The molecule has 1 aromatic rings. The van der Waals surface area contributed by atoms with Crippen LogP contribution in [0.3, 0.4) is 0 Å². The fourth-order valence-corrected chi connectivity index (χ4v) is 1.40. The third-order valence-corrected chi connectivity index (χ3v) is 2.33. The highest BCUT2D eigenvalue weighted by Crippen LogP contribution is 2.07. The summed E-state index contributed by atoms with van der Waals surface area (Å²) in [6.45, 7) is 1.77. The first-order valence-electron chi connectivity index (χ1n) is 5.21. The number of nitrogens with two attached hydrogens (primary N) is 1. The van der Waals surface area contributed by atoms with E-state index in [0.717, 1.165) is 5.56 Å². The quantitative estimate of drug-likeness (QED) is 0.603. The zero-order chi connectivity index (χ0) is 12.0. The van der Waals surface area contributed by atoms with Crippen LogP contribution < -0.4 is 5.73 Å². The van der Waals surface area contributed by atoms with Gasteiger partial charge in [0.2, 0.25) is 5.91 Å². The standard InChI is InChI=1S/C13H15NO2/c1-2-11(13(14)16)12(15)9-8-10-6-4-3-5-7-10/h3-9,11H,2H2,1H3,(H2,14,16)/b9-8+. The molecule has 0 saturated heterocycles. The average Bonchev–Trinajstić information content (AvgIpc) is 2.28. The van der Waals surface area contributed by atoms with Gasteiger partial charge in [0.15, 0.2) is 5.78 Å². The van der Waals surface area contributed by atoms with Crippen molar-refractivity contribution >= 4 is 17.8 Å². The summed E-state index contributed by atoms with van der Waals surface area (Å²) in [5.41, 5.74) is 6.05. The van der Waals surface area contributed by atoms with E-state index >= 15 is 0 Å². The normalized spacial score (nSPS) is 12.6. The van der Waals surface area contributed by atoms with Gasteiger partial charge in [-0.05, 0) is 18.1 Å². The molecule has 0 radical (unpaired) electrons. The number of carbonyl (C=O) groups excluding carboxylic acids is 2. The van der Waals surface area contributed by atoms with E-state index in [1.54, 1.807) is 13.0 Å². The molecule has 1 unspecified atom stereocenters. The van der Waals surface area contributed by atoms with Crippen molar-refractivity contribution in [1.29, 1.82) is 0 Å². The molecule has 0 saturated carbocycles. The Hall–Kier alpha value is -1.90. The summed E-state index contributed by atoms with van der Waals surface area (Å²) in [5, 5.41) is 0. The molecule has 1 amide bonds.